The van der Waals surface area contributed by atoms with Gasteiger partial charge in [0.1, 0.15) is 5.39 Å². The number of benzene rings is 1. The van der Waals surface area contributed by atoms with E-state index in [-0.39, 0.29) is 17.0 Å². The third kappa shape index (κ3) is 4.96. The Labute approximate surface area is 217 Å². The first-order valence-electron chi connectivity index (χ1n) is 12.9. The molecule has 0 saturated carbocycles. The zero-order chi connectivity index (χ0) is 26.3. The molecule has 9 nitrogen and oxygen atoms in total. The van der Waals surface area contributed by atoms with Crippen LogP contribution in [0, 0.1) is 0 Å². The summed E-state index contributed by atoms with van der Waals surface area (Å²) in [5, 5.41) is 3.78. The molecule has 5 rings (SSSR count). The number of anilines is 3. The Kier molecular flexibility index (Phi) is 6.49. The Bertz CT molecular complexity index is 1450. The summed E-state index contributed by atoms with van der Waals surface area (Å²) < 4.78 is 3.52. The normalized spacial score (nSPS) is 15.1. The number of nitrogens with one attached hydrogen (secondary N) is 1. The van der Waals surface area contributed by atoms with Crippen molar-refractivity contribution in [3.63, 3.8) is 0 Å². The molecule has 0 bridgehead atoms. The summed E-state index contributed by atoms with van der Waals surface area (Å²) in [6.45, 7) is 14.5. The van der Waals surface area contributed by atoms with Gasteiger partial charge in [-0.2, -0.15) is 4.98 Å². The molecule has 0 atom stereocenters. The molecule has 0 spiro atoms. The van der Waals surface area contributed by atoms with Gasteiger partial charge in [0.15, 0.2) is 11.5 Å². The molecule has 1 aliphatic rings. The fraction of sp³-hybridized carbons (Fsp3) is 0.429. The maximum absolute atomic E-state index is 13.3. The van der Waals surface area contributed by atoms with Crippen LogP contribution in [-0.2, 0) is 5.41 Å². The molecule has 37 heavy (non-hydrogen) atoms. The second-order valence-corrected chi connectivity index (χ2v) is 11.1. The van der Waals surface area contributed by atoms with Gasteiger partial charge in [-0.25, -0.2) is 19.3 Å². The predicted octanol–water partition coefficient (Wildman–Crippen LogP) is 4.35. The first-order valence-corrected chi connectivity index (χ1v) is 12.9. The topological polar surface area (TPSA) is 84.1 Å². The Balaban J connectivity index is 1.51. The zero-order valence-corrected chi connectivity index (χ0v) is 22.6. The van der Waals surface area contributed by atoms with Gasteiger partial charge in [0.25, 0.3) is 5.56 Å². The van der Waals surface area contributed by atoms with Crippen molar-refractivity contribution in [2.75, 3.05) is 43.4 Å². The number of hydrogen-bond donors (Lipinski definition) is 1. The highest BCUT2D eigenvalue weighted by Gasteiger charge is 2.22. The van der Waals surface area contributed by atoms with Crippen LogP contribution in [0.15, 0.2) is 53.5 Å². The lowest BCUT2D eigenvalue weighted by Gasteiger charge is -2.34. The van der Waals surface area contributed by atoms with Crippen molar-refractivity contribution in [3.05, 3.63) is 64.7 Å². The molecule has 1 saturated heterocycles. The van der Waals surface area contributed by atoms with Crippen LogP contribution in [-0.4, -0.2) is 62.4 Å². The number of pyridine rings is 1. The van der Waals surface area contributed by atoms with Crippen LogP contribution < -0.4 is 15.8 Å². The average molecular weight is 501 g/mol. The van der Waals surface area contributed by atoms with E-state index in [4.69, 9.17) is 9.97 Å². The van der Waals surface area contributed by atoms with E-state index < -0.39 is 0 Å². The lowest BCUT2D eigenvalue weighted by molar-refractivity contribution is 0.313. The van der Waals surface area contributed by atoms with Gasteiger partial charge >= 0.3 is 0 Å². The molecule has 0 radical (unpaired) electrons. The SMILES string of the molecule is CC(C)n1c(=O)c2cnc(Nc3ccc(N4CCN(C)CC4)cc3)nc2n1-c1cccc(C(C)(C)C)n1. The Hall–Kier alpha value is -3.72. The van der Waals surface area contributed by atoms with Crippen molar-refractivity contribution in [1.82, 2.24) is 29.2 Å². The van der Waals surface area contributed by atoms with Gasteiger partial charge in [-0.3, -0.25) is 4.79 Å². The van der Waals surface area contributed by atoms with Gasteiger partial charge in [0, 0.05) is 60.9 Å². The smallest absolute Gasteiger partial charge is 0.278 e. The summed E-state index contributed by atoms with van der Waals surface area (Å²) >= 11 is 0. The lowest BCUT2D eigenvalue weighted by Crippen LogP contribution is -2.44. The third-order valence-electron chi connectivity index (χ3n) is 6.82. The minimum atomic E-state index is -0.129. The number of fused-ring (bicyclic) bond motifs is 1. The highest BCUT2D eigenvalue weighted by Crippen LogP contribution is 2.25. The Morgan fingerprint density at radius 1 is 0.946 bits per heavy atom. The molecule has 0 aliphatic carbocycles. The van der Waals surface area contributed by atoms with E-state index in [2.05, 4.69) is 60.1 Å². The van der Waals surface area contributed by atoms with Crippen molar-refractivity contribution in [2.45, 2.75) is 46.1 Å². The van der Waals surface area contributed by atoms with Crippen LogP contribution >= 0.6 is 0 Å². The highest BCUT2D eigenvalue weighted by atomic mass is 16.1. The molecular formula is C28H36N8O. The Morgan fingerprint density at radius 3 is 2.30 bits per heavy atom. The molecular weight excluding hydrogens is 464 g/mol. The van der Waals surface area contributed by atoms with Gasteiger partial charge in [0.2, 0.25) is 5.95 Å². The second-order valence-electron chi connectivity index (χ2n) is 11.1. The van der Waals surface area contributed by atoms with Crippen LogP contribution in [0.1, 0.15) is 46.4 Å². The first-order chi connectivity index (χ1) is 17.6. The number of rotatable bonds is 5. The number of hydrogen-bond acceptors (Lipinski definition) is 7. The lowest BCUT2D eigenvalue weighted by atomic mass is 9.92. The van der Waals surface area contributed by atoms with Gasteiger partial charge in [-0.15, -0.1) is 0 Å². The van der Waals surface area contributed by atoms with Crippen molar-refractivity contribution >= 4 is 28.4 Å². The molecule has 4 aromatic rings. The summed E-state index contributed by atoms with van der Waals surface area (Å²) in [4.78, 5) is 32.2. The molecule has 0 amide bonds. The fourth-order valence-electron chi connectivity index (χ4n) is 4.65. The standard InChI is InChI=1S/C28H36N8O/c1-19(2)35-26(37)22-18-29-27(30-20-10-12-21(13-11-20)34-16-14-33(6)15-17-34)32-25(22)36(35)24-9-7-8-23(31-24)28(3,4)5/h7-13,18-19H,14-17H2,1-6H3,(H,29,30,32). The van der Waals surface area contributed by atoms with E-state index in [1.165, 1.54) is 5.69 Å². The minimum absolute atomic E-state index is 0.0830. The molecule has 4 heterocycles. The monoisotopic (exact) mass is 500 g/mol. The predicted molar refractivity (Wildman–Crippen MR) is 149 cm³/mol. The van der Waals surface area contributed by atoms with Crippen molar-refractivity contribution in [1.29, 1.82) is 0 Å². The molecule has 1 fully saturated rings. The molecule has 1 aliphatic heterocycles. The van der Waals surface area contributed by atoms with Gasteiger partial charge < -0.3 is 15.1 Å². The number of nitrogens with zero attached hydrogens (tertiary/aromatic N) is 7. The van der Waals surface area contributed by atoms with Crippen LogP contribution in [0.5, 0.6) is 0 Å². The molecule has 1 aromatic carbocycles. The summed E-state index contributed by atoms with van der Waals surface area (Å²) in [6, 6.07) is 14.2. The van der Waals surface area contributed by atoms with E-state index in [0.29, 0.717) is 22.8 Å². The van der Waals surface area contributed by atoms with Crippen molar-refractivity contribution in [3.8, 4) is 5.82 Å². The fourth-order valence-corrected chi connectivity index (χ4v) is 4.65. The Morgan fingerprint density at radius 2 is 1.65 bits per heavy atom. The number of piperazine rings is 1. The second kappa shape index (κ2) is 9.63. The third-order valence-corrected chi connectivity index (χ3v) is 6.82. The van der Waals surface area contributed by atoms with E-state index in [9.17, 15) is 4.79 Å². The van der Waals surface area contributed by atoms with E-state index >= 15 is 0 Å². The summed E-state index contributed by atoms with van der Waals surface area (Å²) in [7, 11) is 2.16. The van der Waals surface area contributed by atoms with Gasteiger partial charge in [0.05, 0.1) is 0 Å². The molecule has 1 N–H and O–H groups in total. The molecule has 9 heteroatoms. The first kappa shape index (κ1) is 25.0. The number of aromatic nitrogens is 5. The van der Waals surface area contributed by atoms with Gasteiger partial charge in [-0.1, -0.05) is 26.8 Å². The highest BCUT2D eigenvalue weighted by molar-refractivity contribution is 5.77. The maximum atomic E-state index is 13.3. The van der Waals surface area contributed by atoms with E-state index in [1.807, 2.05) is 48.9 Å². The van der Waals surface area contributed by atoms with E-state index in [1.54, 1.807) is 10.9 Å². The summed E-state index contributed by atoms with van der Waals surface area (Å²) in [5.74, 6) is 1.09. The molecule has 194 valence electrons. The largest absolute Gasteiger partial charge is 0.369 e. The van der Waals surface area contributed by atoms with Crippen LogP contribution in [0.2, 0.25) is 0 Å². The van der Waals surface area contributed by atoms with Crippen LogP contribution in [0.3, 0.4) is 0 Å². The van der Waals surface area contributed by atoms with Gasteiger partial charge in [-0.05, 0) is 57.3 Å². The minimum Gasteiger partial charge on any atom is -0.369 e. The van der Waals surface area contributed by atoms with Crippen molar-refractivity contribution in [2.24, 2.45) is 0 Å². The molecule has 0 unspecified atom stereocenters. The van der Waals surface area contributed by atoms with Crippen LogP contribution in [0.25, 0.3) is 16.9 Å². The van der Waals surface area contributed by atoms with Crippen molar-refractivity contribution < 1.29 is 0 Å². The summed E-state index contributed by atoms with van der Waals surface area (Å²) in [5.41, 5.74) is 3.33. The maximum Gasteiger partial charge on any atom is 0.278 e. The summed E-state index contributed by atoms with van der Waals surface area (Å²) in [6.07, 6.45) is 1.61. The quantitative estimate of drug-likeness (QED) is 0.436. The van der Waals surface area contributed by atoms with E-state index in [0.717, 1.165) is 37.6 Å². The van der Waals surface area contributed by atoms with Crippen LogP contribution in [0.4, 0.5) is 17.3 Å². The molecule has 3 aromatic heterocycles. The zero-order valence-electron chi connectivity index (χ0n) is 22.6. The average Bonchev–Trinajstić information content (AvgIpc) is 3.16. The number of likely N-dealkylation sites (N-methyl/N-ethyl adjacent to an activating group) is 1.